The highest BCUT2D eigenvalue weighted by Crippen LogP contribution is 2.21. The number of fused-ring (bicyclic) bond motifs is 1. The lowest BCUT2D eigenvalue weighted by Gasteiger charge is -2.40. The number of carbonyl (C=O) groups excluding carboxylic acids is 1. The fourth-order valence-electron chi connectivity index (χ4n) is 2.98. The number of carbonyl (C=O) groups is 1. The Bertz CT molecular complexity index is 649. The number of hydrogen-bond acceptors (Lipinski definition) is 4. The molecule has 1 saturated heterocycles. The first kappa shape index (κ1) is 15.0. The third kappa shape index (κ3) is 2.84. The van der Waals surface area contributed by atoms with E-state index >= 15 is 0 Å². The molecular weight excluding hydrogens is 280 g/mol. The van der Waals surface area contributed by atoms with Crippen LogP contribution in [0.5, 0.6) is 0 Å². The first-order valence-corrected chi connectivity index (χ1v) is 7.50. The quantitative estimate of drug-likeness (QED) is 0.927. The summed E-state index contributed by atoms with van der Waals surface area (Å²) < 4.78 is 5.75. The zero-order valence-corrected chi connectivity index (χ0v) is 13.3. The molecule has 118 valence electrons. The van der Waals surface area contributed by atoms with Crippen LogP contribution in [0.15, 0.2) is 24.3 Å². The van der Waals surface area contributed by atoms with E-state index in [1.165, 1.54) is 0 Å². The molecule has 0 unspecified atom stereocenters. The molecule has 0 spiro atoms. The Balaban J connectivity index is 1.73. The summed E-state index contributed by atoms with van der Waals surface area (Å²) in [4.78, 5) is 24.0. The van der Waals surface area contributed by atoms with Crippen molar-refractivity contribution in [3.63, 3.8) is 0 Å². The van der Waals surface area contributed by atoms with Crippen LogP contribution in [0, 0.1) is 0 Å². The number of amides is 1. The van der Waals surface area contributed by atoms with Gasteiger partial charge in [-0.25, -0.2) is 4.98 Å². The molecule has 3 rings (SSSR count). The molecule has 1 aromatic carbocycles. The Morgan fingerprint density at radius 1 is 1.45 bits per heavy atom. The van der Waals surface area contributed by atoms with Crippen LogP contribution in [0.3, 0.4) is 0 Å². The van der Waals surface area contributed by atoms with Crippen LogP contribution in [0.25, 0.3) is 11.0 Å². The molecule has 22 heavy (non-hydrogen) atoms. The maximum atomic E-state index is 12.3. The number of aromatic nitrogens is 2. The fourth-order valence-corrected chi connectivity index (χ4v) is 2.98. The Hall–Kier alpha value is -1.92. The van der Waals surface area contributed by atoms with Crippen molar-refractivity contribution in [3.05, 3.63) is 30.1 Å². The molecule has 1 fully saturated rings. The Labute approximate surface area is 130 Å². The monoisotopic (exact) mass is 302 g/mol. The van der Waals surface area contributed by atoms with Crippen molar-refractivity contribution in [1.29, 1.82) is 0 Å². The molecule has 1 aliphatic heterocycles. The van der Waals surface area contributed by atoms with Gasteiger partial charge < -0.3 is 14.6 Å². The summed E-state index contributed by atoms with van der Waals surface area (Å²) in [5, 5.41) is 0. The molecule has 6 heteroatoms. The molecule has 1 aliphatic rings. The number of morpholine rings is 1. The van der Waals surface area contributed by atoms with E-state index in [9.17, 15) is 4.79 Å². The molecule has 2 heterocycles. The van der Waals surface area contributed by atoms with E-state index in [-0.39, 0.29) is 5.91 Å². The van der Waals surface area contributed by atoms with Gasteiger partial charge in [-0.3, -0.25) is 9.69 Å². The molecule has 0 aliphatic carbocycles. The molecule has 0 saturated carbocycles. The van der Waals surface area contributed by atoms with Crippen LogP contribution in [0.4, 0.5) is 0 Å². The number of likely N-dealkylation sites (N-methyl/N-ethyl adjacent to an activating group) is 1. The first-order chi connectivity index (χ1) is 10.5. The Morgan fingerprint density at radius 2 is 2.23 bits per heavy atom. The lowest BCUT2D eigenvalue weighted by molar-refractivity contribution is -0.165. The van der Waals surface area contributed by atoms with E-state index in [4.69, 9.17) is 4.74 Å². The predicted molar refractivity (Wildman–Crippen MR) is 84.4 cm³/mol. The number of imidazole rings is 1. The number of para-hydroxylation sites is 2. The molecule has 1 aromatic heterocycles. The zero-order valence-electron chi connectivity index (χ0n) is 13.3. The van der Waals surface area contributed by atoms with Crippen molar-refractivity contribution in [2.45, 2.75) is 19.1 Å². The van der Waals surface area contributed by atoms with E-state index in [2.05, 4.69) is 14.9 Å². The Kier molecular flexibility index (Phi) is 3.88. The van der Waals surface area contributed by atoms with E-state index < -0.39 is 5.60 Å². The second kappa shape index (κ2) is 5.70. The van der Waals surface area contributed by atoms with Gasteiger partial charge in [0.1, 0.15) is 5.82 Å². The van der Waals surface area contributed by atoms with E-state index in [0.29, 0.717) is 19.7 Å². The van der Waals surface area contributed by atoms with Gasteiger partial charge in [-0.1, -0.05) is 12.1 Å². The van der Waals surface area contributed by atoms with Gasteiger partial charge in [-0.2, -0.15) is 0 Å². The summed E-state index contributed by atoms with van der Waals surface area (Å²) >= 11 is 0. The van der Waals surface area contributed by atoms with Gasteiger partial charge >= 0.3 is 0 Å². The minimum absolute atomic E-state index is 0.00167. The minimum atomic E-state index is -0.784. The highest BCUT2D eigenvalue weighted by atomic mass is 16.5. The number of benzene rings is 1. The summed E-state index contributed by atoms with van der Waals surface area (Å²) in [5.74, 6) is 0.921. The summed E-state index contributed by atoms with van der Waals surface area (Å²) in [6.45, 7) is 4.47. The molecule has 1 atom stereocenters. The molecule has 2 aromatic rings. The van der Waals surface area contributed by atoms with Crippen molar-refractivity contribution in [1.82, 2.24) is 19.8 Å². The number of ether oxygens (including phenoxy) is 1. The summed E-state index contributed by atoms with van der Waals surface area (Å²) in [5.41, 5.74) is 1.23. The SMILES string of the molecule is CN(C)C(=O)[C@]1(C)CN(Cc2nc3ccccc3[nH]2)CCO1. The highest BCUT2D eigenvalue weighted by Gasteiger charge is 2.40. The molecule has 0 bridgehead atoms. The second-order valence-electron chi connectivity index (χ2n) is 6.19. The van der Waals surface area contributed by atoms with Gasteiger partial charge in [-0.15, -0.1) is 0 Å². The molecule has 1 N–H and O–H groups in total. The number of nitrogens with one attached hydrogen (secondary N) is 1. The van der Waals surface area contributed by atoms with Crippen molar-refractivity contribution in [2.24, 2.45) is 0 Å². The average molecular weight is 302 g/mol. The summed E-state index contributed by atoms with van der Waals surface area (Å²) in [6, 6.07) is 7.99. The second-order valence-corrected chi connectivity index (χ2v) is 6.19. The zero-order chi connectivity index (χ0) is 15.7. The molecular formula is C16H22N4O2. The predicted octanol–water partition coefficient (Wildman–Crippen LogP) is 1.24. The van der Waals surface area contributed by atoms with E-state index in [1.54, 1.807) is 19.0 Å². The van der Waals surface area contributed by atoms with Gasteiger partial charge in [0.15, 0.2) is 5.60 Å². The largest absolute Gasteiger partial charge is 0.363 e. The van der Waals surface area contributed by atoms with Crippen LogP contribution >= 0.6 is 0 Å². The number of rotatable bonds is 3. The van der Waals surface area contributed by atoms with Crippen molar-refractivity contribution >= 4 is 16.9 Å². The van der Waals surface area contributed by atoms with Crippen molar-refractivity contribution in [3.8, 4) is 0 Å². The number of aromatic amines is 1. The van der Waals surface area contributed by atoms with Crippen molar-refractivity contribution < 1.29 is 9.53 Å². The molecule has 1 amide bonds. The average Bonchev–Trinajstić information content (AvgIpc) is 2.88. The van der Waals surface area contributed by atoms with Gasteiger partial charge in [-0.05, 0) is 19.1 Å². The first-order valence-electron chi connectivity index (χ1n) is 7.50. The van der Waals surface area contributed by atoms with Gasteiger partial charge in [0.2, 0.25) is 0 Å². The van der Waals surface area contributed by atoms with Crippen LogP contribution in [0.1, 0.15) is 12.7 Å². The third-order valence-corrected chi connectivity index (χ3v) is 4.02. The van der Waals surface area contributed by atoms with Gasteiger partial charge in [0.25, 0.3) is 5.91 Å². The topological polar surface area (TPSA) is 61.5 Å². The molecule has 6 nitrogen and oxygen atoms in total. The van der Waals surface area contributed by atoms with E-state index in [1.807, 2.05) is 31.2 Å². The Morgan fingerprint density at radius 3 is 2.95 bits per heavy atom. The normalized spacial score (nSPS) is 22.9. The number of H-pyrrole nitrogens is 1. The summed E-state index contributed by atoms with van der Waals surface area (Å²) in [7, 11) is 3.52. The van der Waals surface area contributed by atoms with Crippen LogP contribution in [0.2, 0.25) is 0 Å². The number of hydrogen-bond donors (Lipinski definition) is 1. The minimum Gasteiger partial charge on any atom is -0.363 e. The smallest absolute Gasteiger partial charge is 0.255 e. The van der Waals surface area contributed by atoms with Crippen molar-refractivity contribution in [2.75, 3.05) is 33.8 Å². The van der Waals surface area contributed by atoms with Crippen LogP contribution in [-0.2, 0) is 16.1 Å². The van der Waals surface area contributed by atoms with E-state index in [0.717, 1.165) is 23.4 Å². The lowest BCUT2D eigenvalue weighted by Crippen LogP contribution is -2.57. The van der Waals surface area contributed by atoms with Gasteiger partial charge in [0.05, 0.1) is 24.2 Å². The highest BCUT2D eigenvalue weighted by molar-refractivity contribution is 5.84. The fraction of sp³-hybridized carbons (Fsp3) is 0.500. The van der Waals surface area contributed by atoms with Crippen LogP contribution in [-0.4, -0.2) is 65.1 Å². The maximum absolute atomic E-state index is 12.3. The summed E-state index contributed by atoms with van der Waals surface area (Å²) in [6.07, 6.45) is 0. The maximum Gasteiger partial charge on any atom is 0.255 e. The van der Waals surface area contributed by atoms with Crippen LogP contribution < -0.4 is 0 Å². The number of nitrogens with zero attached hydrogens (tertiary/aromatic N) is 3. The molecule has 0 radical (unpaired) electrons. The standard InChI is InChI=1S/C16H22N4O2/c1-16(15(21)19(2)3)11-20(8-9-22-16)10-14-17-12-6-4-5-7-13(12)18-14/h4-7H,8-11H2,1-3H3,(H,17,18)/t16-/m0/s1. The van der Waals surface area contributed by atoms with Gasteiger partial charge in [0, 0.05) is 27.2 Å². The third-order valence-electron chi connectivity index (χ3n) is 4.02. The lowest BCUT2D eigenvalue weighted by atomic mass is 10.0.